The number of rotatable bonds is 4. The highest BCUT2D eigenvalue weighted by atomic mass is 35.5. The summed E-state index contributed by atoms with van der Waals surface area (Å²) in [6, 6.07) is 13.0. The van der Waals surface area contributed by atoms with Gasteiger partial charge in [-0.25, -0.2) is 0 Å². The second-order valence-electron chi connectivity index (χ2n) is 4.27. The van der Waals surface area contributed by atoms with Gasteiger partial charge in [-0.2, -0.15) is 0 Å². The largest absolute Gasteiger partial charge is 0.489 e. The van der Waals surface area contributed by atoms with Crippen LogP contribution >= 0.6 is 11.6 Å². The fraction of sp³-hybridized carbons (Fsp3) is 0.133. The van der Waals surface area contributed by atoms with Crippen LogP contribution in [0.2, 0.25) is 5.02 Å². The Labute approximate surface area is 117 Å². The molecule has 19 heavy (non-hydrogen) atoms. The van der Waals surface area contributed by atoms with Crippen molar-refractivity contribution < 1.29 is 4.74 Å². The molecule has 0 bridgehead atoms. The molecule has 0 spiro atoms. The highest BCUT2D eigenvalue weighted by Crippen LogP contribution is 2.22. The van der Waals surface area contributed by atoms with E-state index in [0.29, 0.717) is 22.9 Å². The summed E-state index contributed by atoms with van der Waals surface area (Å²) >= 11 is 6.08. The van der Waals surface area contributed by atoms with Crippen molar-refractivity contribution in [2.75, 3.05) is 0 Å². The van der Waals surface area contributed by atoms with Crippen LogP contribution < -0.4 is 10.5 Å². The van der Waals surface area contributed by atoms with Crippen LogP contribution in [0.1, 0.15) is 16.7 Å². The van der Waals surface area contributed by atoms with Crippen LogP contribution in [0.25, 0.3) is 0 Å². The van der Waals surface area contributed by atoms with Gasteiger partial charge >= 0.3 is 0 Å². The molecule has 4 heteroatoms. The maximum atomic E-state index is 7.43. The summed E-state index contributed by atoms with van der Waals surface area (Å²) in [5, 5.41) is 8.12. The number of nitrogen functional groups attached to an aromatic ring is 1. The van der Waals surface area contributed by atoms with E-state index in [-0.39, 0.29) is 5.84 Å². The molecule has 0 radical (unpaired) electrons. The summed E-state index contributed by atoms with van der Waals surface area (Å²) in [6.07, 6.45) is 0. The van der Waals surface area contributed by atoms with E-state index >= 15 is 0 Å². The SMILES string of the molecule is Cc1ccc(C(=N)N)cc1OCc1ccccc1Cl. The highest BCUT2D eigenvalue weighted by Gasteiger charge is 2.05. The summed E-state index contributed by atoms with van der Waals surface area (Å²) < 4.78 is 5.76. The Hall–Kier alpha value is -2.00. The van der Waals surface area contributed by atoms with E-state index in [9.17, 15) is 0 Å². The van der Waals surface area contributed by atoms with Crippen LogP contribution in [-0.2, 0) is 6.61 Å². The van der Waals surface area contributed by atoms with Crippen LogP contribution in [0, 0.1) is 12.3 Å². The quantitative estimate of drug-likeness (QED) is 0.662. The van der Waals surface area contributed by atoms with Gasteiger partial charge in [0.15, 0.2) is 0 Å². The van der Waals surface area contributed by atoms with E-state index in [0.717, 1.165) is 11.1 Å². The molecule has 2 aromatic carbocycles. The Morgan fingerprint density at radius 2 is 2.00 bits per heavy atom. The number of hydrogen-bond donors (Lipinski definition) is 2. The average molecular weight is 275 g/mol. The summed E-state index contributed by atoms with van der Waals surface area (Å²) in [6.45, 7) is 2.34. The Kier molecular flexibility index (Phi) is 4.07. The summed E-state index contributed by atoms with van der Waals surface area (Å²) in [4.78, 5) is 0. The lowest BCUT2D eigenvalue weighted by atomic mass is 10.1. The molecular formula is C15H15ClN2O. The molecule has 2 rings (SSSR count). The van der Waals surface area contributed by atoms with Crippen LogP contribution in [0.15, 0.2) is 42.5 Å². The van der Waals surface area contributed by atoms with Crippen molar-refractivity contribution in [2.45, 2.75) is 13.5 Å². The summed E-state index contributed by atoms with van der Waals surface area (Å²) in [5.41, 5.74) is 8.05. The van der Waals surface area contributed by atoms with Crippen LogP contribution in [0.5, 0.6) is 5.75 Å². The molecule has 0 aliphatic rings. The molecule has 0 aromatic heterocycles. The van der Waals surface area contributed by atoms with Gasteiger partial charge in [0, 0.05) is 16.1 Å². The number of nitrogens with one attached hydrogen (secondary N) is 1. The maximum Gasteiger partial charge on any atom is 0.123 e. The fourth-order valence-electron chi connectivity index (χ4n) is 1.69. The van der Waals surface area contributed by atoms with E-state index < -0.39 is 0 Å². The van der Waals surface area contributed by atoms with Gasteiger partial charge < -0.3 is 10.5 Å². The van der Waals surface area contributed by atoms with Gasteiger partial charge in [0.25, 0.3) is 0 Å². The van der Waals surface area contributed by atoms with Crippen molar-refractivity contribution >= 4 is 17.4 Å². The predicted octanol–water partition coefficient (Wildman–Crippen LogP) is 3.51. The minimum Gasteiger partial charge on any atom is -0.489 e. The third kappa shape index (κ3) is 3.26. The van der Waals surface area contributed by atoms with E-state index in [4.69, 9.17) is 27.5 Å². The average Bonchev–Trinajstić information content (AvgIpc) is 2.39. The lowest BCUT2D eigenvalue weighted by Crippen LogP contribution is -2.11. The van der Waals surface area contributed by atoms with Crippen molar-refractivity contribution in [3.05, 3.63) is 64.2 Å². The third-order valence-corrected chi connectivity index (χ3v) is 3.21. The minimum absolute atomic E-state index is 0.0302. The lowest BCUT2D eigenvalue weighted by Gasteiger charge is -2.11. The first-order chi connectivity index (χ1) is 9.08. The first-order valence-corrected chi connectivity index (χ1v) is 6.27. The molecular weight excluding hydrogens is 260 g/mol. The van der Waals surface area contributed by atoms with Gasteiger partial charge in [-0.15, -0.1) is 0 Å². The summed E-state index contributed by atoms with van der Waals surface area (Å²) in [7, 11) is 0. The van der Waals surface area contributed by atoms with E-state index in [1.165, 1.54) is 0 Å². The van der Waals surface area contributed by atoms with Crippen LogP contribution in [-0.4, -0.2) is 5.84 Å². The molecule has 3 N–H and O–H groups in total. The zero-order valence-electron chi connectivity index (χ0n) is 10.6. The topological polar surface area (TPSA) is 59.1 Å². The van der Waals surface area contributed by atoms with Gasteiger partial charge in [-0.1, -0.05) is 41.9 Å². The zero-order chi connectivity index (χ0) is 13.8. The first-order valence-electron chi connectivity index (χ1n) is 5.89. The molecule has 0 fully saturated rings. The number of nitrogens with two attached hydrogens (primary N) is 1. The standard InChI is InChI=1S/C15H15ClN2O/c1-10-6-7-11(15(17)18)8-14(10)19-9-12-4-2-3-5-13(12)16/h2-8H,9H2,1H3,(H3,17,18). The third-order valence-electron chi connectivity index (χ3n) is 2.84. The van der Waals surface area contributed by atoms with Gasteiger partial charge in [0.2, 0.25) is 0 Å². The van der Waals surface area contributed by atoms with E-state index in [1.54, 1.807) is 12.1 Å². The van der Waals surface area contributed by atoms with Crippen molar-refractivity contribution in [1.29, 1.82) is 5.41 Å². The second-order valence-corrected chi connectivity index (χ2v) is 4.68. The number of ether oxygens (including phenoxy) is 1. The van der Waals surface area contributed by atoms with E-state index in [2.05, 4.69) is 0 Å². The molecule has 0 aliphatic carbocycles. The van der Waals surface area contributed by atoms with Crippen molar-refractivity contribution in [1.82, 2.24) is 0 Å². The number of hydrogen-bond acceptors (Lipinski definition) is 2. The minimum atomic E-state index is 0.0302. The van der Waals surface area contributed by atoms with Gasteiger partial charge in [0.05, 0.1) is 0 Å². The van der Waals surface area contributed by atoms with Gasteiger partial charge in [0.1, 0.15) is 18.2 Å². The monoisotopic (exact) mass is 274 g/mol. The number of benzene rings is 2. The molecule has 0 amide bonds. The van der Waals surface area contributed by atoms with Crippen molar-refractivity contribution in [3.63, 3.8) is 0 Å². The number of halogens is 1. The Morgan fingerprint density at radius 3 is 2.68 bits per heavy atom. The number of aryl methyl sites for hydroxylation is 1. The maximum absolute atomic E-state index is 7.43. The van der Waals surface area contributed by atoms with E-state index in [1.807, 2.05) is 37.3 Å². The zero-order valence-corrected chi connectivity index (χ0v) is 11.4. The van der Waals surface area contributed by atoms with Crippen LogP contribution in [0.3, 0.4) is 0 Å². The summed E-state index contributed by atoms with van der Waals surface area (Å²) in [5.74, 6) is 0.746. The molecule has 0 heterocycles. The van der Waals surface area contributed by atoms with Gasteiger partial charge in [-0.05, 0) is 24.6 Å². The predicted molar refractivity (Wildman–Crippen MR) is 78.0 cm³/mol. The van der Waals surface area contributed by atoms with Crippen LogP contribution in [0.4, 0.5) is 0 Å². The number of amidine groups is 1. The Balaban J connectivity index is 2.17. The lowest BCUT2D eigenvalue weighted by molar-refractivity contribution is 0.304. The molecule has 3 nitrogen and oxygen atoms in total. The van der Waals surface area contributed by atoms with Crippen molar-refractivity contribution in [3.8, 4) is 5.75 Å². The molecule has 98 valence electrons. The molecule has 0 saturated heterocycles. The molecule has 0 atom stereocenters. The molecule has 2 aromatic rings. The molecule has 0 aliphatic heterocycles. The Morgan fingerprint density at radius 1 is 1.26 bits per heavy atom. The fourth-order valence-corrected chi connectivity index (χ4v) is 1.88. The molecule has 0 saturated carbocycles. The second kappa shape index (κ2) is 5.76. The first kappa shape index (κ1) is 13.4. The molecule has 0 unspecified atom stereocenters. The smallest absolute Gasteiger partial charge is 0.123 e. The normalized spacial score (nSPS) is 10.2. The van der Waals surface area contributed by atoms with Crippen molar-refractivity contribution in [2.24, 2.45) is 5.73 Å². The van der Waals surface area contributed by atoms with Gasteiger partial charge in [-0.3, -0.25) is 5.41 Å². The Bertz CT molecular complexity index is 611. The highest BCUT2D eigenvalue weighted by molar-refractivity contribution is 6.31.